The van der Waals surface area contributed by atoms with Crippen LogP contribution in [0.25, 0.3) is 0 Å². The molecule has 1 amide bonds. The van der Waals surface area contributed by atoms with Crippen molar-refractivity contribution in [3.05, 3.63) is 52.8 Å². The van der Waals surface area contributed by atoms with E-state index in [0.717, 1.165) is 50.3 Å². The molecule has 1 atom stereocenters. The molecule has 0 bridgehead atoms. The van der Waals surface area contributed by atoms with Gasteiger partial charge < -0.3 is 9.64 Å². The third-order valence-corrected chi connectivity index (χ3v) is 7.83. The third-order valence-electron chi connectivity index (χ3n) is 7.83. The highest BCUT2D eigenvalue weighted by Crippen LogP contribution is 2.46. The Kier molecular flexibility index (Phi) is 6.83. The van der Waals surface area contributed by atoms with Crippen molar-refractivity contribution in [3.63, 3.8) is 0 Å². The smallest absolute Gasteiger partial charge is 0.416 e. The molecule has 0 radical (unpaired) electrons. The van der Waals surface area contributed by atoms with Crippen LogP contribution in [-0.2, 0) is 15.7 Å². The number of carbonyl (C=O) groups excluding carboxylic acids is 2. The molecule has 2 aromatic rings. The summed E-state index contributed by atoms with van der Waals surface area (Å²) in [6.45, 7) is 2.61. The number of rotatable bonds is 6. The van der Waals surface area contributed by atoms with Gasteiger partial charge in [-0.2, -0.15) is 18.3 Å². The van der Waals surface area contributed by atoms with Gasteiger partial charge in [0.05, 0.1) is 47.6 Å². The van der Waals surface area contributed by atoms with Crippen LogP contribution in [0.2, 0.25) is 0 Å². The molecule has 1 aromatic carbocycles. The number of ether oxygens (including phenoxy) is 1. The molecule has 0 spiro atoms. The van der Waals surface area contributed by atoms with Gasteiger partial charge in [0.2, 0.25) is 0 Å². The Morgan fingerprint density at radius 1 is 1.06 bits per heavy atom. The summed E-state index contributed by atoms with van der Waals surface area (Å²) in [7, 11) is 0. The van der Waals surface area contributed by atoms with Crippen molar-refractivity contribution in [2.45, 2.75) is 82.5 Å². The predicted molar refractivity (Wildman–Crippen MR) is 126 cm³/mol. The van der Waals surface area contributed by atoms with Gasteiger partial charge in [0.1, 0.15) is 0 Å². The number of nitrogens with zero attached hydrogens (tertiary/aromatic N) is 3. The number of hydrogen-bond donors (Lipinski definition) is 0. The van der Waals surface area contributed by atoms with Gasteiger partial charge in [-0.3, -0.25) is 14.3 Å². The van der Waals surface area contributed by atoms with Crippen LogP contribution in [-0.4, -0.2) is 39.7 Å². The summed E-state index contributed by atoms with van der Waals surface area (Å²) in [4.78, 5) is 27.5. The van der Waals surface area contributed by atoms with Crippen molar-refractivity contribution < 1.29 is 27.5 Å². The number of hydrogen-bond acceptors (Lipinski definition) is 4. The molecule has 2 heterocycles. The molecule has 194 valence electrons. The Bertz CT molecular complexity index is 1120. The summed E-state index contributed by atoms with van der Waals surface area (Å²) in [5.41, 5.74) is 0.912. The van der Waals surface area contributed by atoms with Crippen LogP contribution in [0.4, 0.5) is 13.2 Å². The van der Waals surface area contributed by atoms with Crippen molar-refractivity contribution in [3.8, 4) is 0 Å². The molecule has 2 aliphatic carbocycles. The Balaban J connectivity index is 1.39. The first kappa shape index (κ1) is 24.8. The molecule has 1 aliphatic heterocycles. The van der Waals surface area contributed by atoms with Crippen molar-refractivity contribution >= 4 is 11.9 Å². The average Bonchev–Trinajstić information content (AvgIpc) is 3.41. The van der Waals surface area contributed by atoms with Gasteiger partial charge in [0.25, 0.3) is 5.91 Å². The van der Waals surface area contributed by atoms with Gasteiger partial charge in [-0.25, -0.2) is 0 Å². The van der Waals surface area contributed by atoms with E-state index in [2.05, 4.69) is 5.10 Å². The van der Waals surface area contributed by atoms with E-state index >= 15 is 0 Å². The first-order valence-electron chi connectivity index (χ1n) is 13.0. The lowest BCUT2D eigenvalue weighted by Crippen LogP contribution is -2.32. The topological polar surface area (TPSA) is 64.4 Å². The van der Waals surface area contributed by atoms with Crippen molar-refractivity contribution in [2.75, 3.05) is 13.2 Å². The Morgan fingerprint density at radius 3 is 2.44 bits per heavy atom. The number of likely N-dealkylation sites (tertiary alicyclic amines) is 1. The van der Waals surface area contributed by atoms with E-state index in [9.17, 15) is 22.8 Å². The van der Waals surface area contributed by atoms with Gasteiger partial charge in [-0.1, -0.05) is 18.2 Å². The maximum atomic E-state index is 13.8. The summed E-state index contributed by atoms with van der Waals surface area (Å²) in [5, 5.41) is 4.63. The lowest BCUT2D eigenvalue weighted by molar-refractivity contribution is -0.149. The molecule has 5 rings (SSSR count). The van der Waals surface area contributed by atoms with Crippen LogP contribution in [0, 0.1) is 5.92 Å². The van der Waals surface area contributed by atoms with E-state index < -0.39 is 17.8 Å². The molecule has 3 fully saturated rings. The minimum atomic E-state index is -4.47. The zero-order chi connectivity index (χ0) is 25.4. The Hall–Kier alpha value is -2.84. The van der Waals surface area contributed by atoms with E-state index in [1.54, 1.807) is 24.1 Å². The molecule has 36 heavy (non-hydrogen) atoms. The number of amides is 1. The van der Waals surface area contributed by atoms with E-state index in [1.807, 2.05) is 4.68 Å². The molecule has 1 unspecified atom stereocenters. The highest BCUT2D eigenvalue weighted by molar-refractivity contribution is 5.96. The van der Waals surface area contributed by atoms with Crippen LogP contribution in [0.3, 0.4) is 0 Å². The fraction of sp³-hybridized carbons (Fsp3) is 0.593. The number of halogens is 3. The maximum absolute atomic E-state index is 13.8. The third kappa shape index (κ3) is 4.76. The SMILES string of the molecule is CCOC(=O)C1CCC(n2ncc(C(=O)N3CCCC3c3ccccc3C(F)(F)F)c2C2CC2)CC1. The zero-order valence-corrected chi connectivity index (χ0v) is 20.5. The number of carbonyl (C=O) groups is 2. The maximum Gasteiger partial charge on any atom is 0.416 e. The molecule has 2 saturated carbocycles. The molecule has 9 heteroatoms. The largest absolute Gasteiger partial charge is 0.466 e. The van der Waals surface area contributed by atoms with Crippen LogP contribution >= 0.6 is 0 Å². The summed E-state index contributed by atoms with van der Waals surface area (Å²) in [6.07, 6.45) is 3.26. The molecule has 1 saturated heterocycles. The molecule has 1 aromatic heterocycles. The second kappa shape index (κ2) is 9.90. The summed E-state index contributed by atoms with van der Waals surface area (Å²) in [5.74, 6) is -0.226. The zero-order valence-electron chi connectivity index (χ0n) is 20.5. The predicted octanol–water partition coefficient (Wildman–Crippen LogP) is 6.05. The van der Waals surface area contributed by atoms with Crippen LogP contribution < -0.4 is 0 Å². The van der Waals surface area contributed by atoms with Crippen LogP contribution in [0.5, 0.6) is 0 Å². The standard InChI is InChI=1S/C27H32F3N3O3/c1-2-36-26(35)18-11-13-19(14-12-18)33-24(17-9-10-17)21(16-31-33)25(34)32-15-5-8-23(32)20-6-3-4-7-22(20)27(28,29)30/h3-4,6-7,16-19,23H,2,5,8-15H2,1H3. The monoisotopic (exact) mass is 503 g/mol. The Morgan fingerprint density at radius 2 is 1.78 bits per heavy atom. The lowest BCUT2D eigenvalue weighted by atomic mass is 9.86. The molecule has 0 N–H and O–H groups in total. The fourth-order valence-electron chi connectivity index (χ4n) is 5.94. The molecular weight excluding hydrogens is 471 g/mol. The van der Waals surface area contributed by atoms with E-state index in [1.165, 1.54) is 12.1 Å². The van der Waals surface area contributed by atoms with Gasteiger partial charge in [-0.15, -0.1) is 0 Å². The summed E-state index contributed by atoms with van der Waals surface area (Å²) < 4.78 is 48.3. The van der Waals surface area contributed by atoms with Crippen molar-refractivity contribution in [1.29, 1.82) is 0 Å². The van der Waals surface area contributed by atoms with Crippen LogP contribution in [0.15, 0.2) is 30.5 Å². The summed E-state index contributed by atoms with van der Waals surface area (Å²) >= 11 is 0. The number of aromatic nitrogens is 2. The normalized spacial score (nSPS) is 24.7. The van der Waals surface area contributed by atoms with E-state index in [4.69, 9.17) is 4.74 Å². The van der Waals surface area contributed by atoms with Crippen LogP contribution in [0.1, 0.15) is 103 Å². The lowest BCUT2D eigenvalue weighted by Gasteiger charge is -2.29. The molecular formula is C27H32F3N3O3. The van der Waals surface area contributed by atoms with E-state index in [-0.39, 0.29) is 35.3 Å². The first-order valence-corrected chi connectivity index (χ1v) is 13.0. The number of benzene rings is 1. The minimum absolute atomic E-state index is 0.0960. The molecule has 3 aliphatic rings. The van der Waals surface area contributed by atoms with E-state index in [0.29, 0.717) is 31.6 Å². The second-order valence-electron chi connectivity index (χ2n) is 10.2. The average molecular weight is 504 g/mol. The van der Waals surface area contributed by atoms with Gasteiger partial charge in [0, 0.05) is 12.5 Å². The van der Waals surface area contributed by atoms with Crippen molar-refractivity contribution in [1.82, 2.24) is 14.7 Å². The highest BCUT2D eigenvalue weighted by Gasteiger charge is 2.42. The number of alkyl halides is 3. The second-order valence-corrected chi connectivity index (χ2v) is 10.2. The highest BCUT2D eigenvalue weighted by atomic mass is 19.4. The summed E-state index contributed by atoms with van der Waals surface area (Å²) in [6, 6.07) is 5.08. The number of esters is 1. The first-order chi connectivity index (χ1) is 17.3. The minimum Gasteiger partial charge on any atom is -0.466 e. The van der Waals surface area contributed by atoms with Gasteiger partial charge >= 0.3 is 12.1 Å². The quantitative estimate of drug-likeness (QED) is 0.450. The van der Waals surface area contributed by atoms with Gasteiger partial charge in [-0.05, 0) is 69.9 Å². The van der Waals surface area contributed by atoms with Gasteiger partial charge in [0.15, 0.2) is 0 Å². The Labute approximate surface area is 208 Å². The molecule has 6 nitrogen and oxygen atoms in total. The fourth-order valence-corrected chi connectivity index (χ4v) is 5.94. The van der Waals surface area contributed by atoms with Crippen molar-refractivity contribution in [2.24, 2.45) is 5.92 Å².